The molecule has 0 aliphatic carbocycles. The maximum atomic E-state index is 12.8. The second-order valence-corrected chi connectivity index (χ2v) is 6.36. The van der Waals surface area contributed by atoms with E-state index >= 15 is 0 Å². The van der Waals surface area contributed by atoms with E-state index in [1.165, 1.54) is 0 Å². The van der Waals surface area contributed by atoms with Crippen LogP contribution in [0.15, 0.2) is 83.7 Å². The van der Waals surface area contributed by atoms with E-state index in [2.05, 4.69) is 15.6 Å². The number of hydrogen-bond donors (Lipinski definition) is 1. The van der Waals surface area contributed by atoms with E-state index in [1.807, 2.05) is 6.07 Å². The van der Waals surface area contributed by atoms with E-state index in [4.69, 9.17) is 0 Å². The first kappa shape index (κ1) is 18.2. The number of fused-ring (bicyclic) bond motifs is 1. The van der Waals surface area contributed by atoms with E-state index in [9.17, 15) is 14.4 Å². The highest BCUT2D eigenvalue weighted by Gasteiger charge is 2.16. The summed E-state index contributed by atoms with van der Waals surface area (Å²) in [4.78, 5) is 37.8. The van der Waals surface area contributed by atoms with Crippen LogP contribution < -0.4 is 10.9 Å². The number of amides is 1. The molecule has 0 atom stereocenters. The zero-order valence-corrected chi connectivity index (χ0v) is 15.3. The van der Waals surface area contributed by atoms with Crippen LogP contribution in [0.3, 0.4) is 0 Å². The average Bonchev–Trinajstić information content (AvgIpc) is 2.76. The van der Waals surface area contributed by atoms with Crippen LogP contribution in [-0.2, 0) is 11.3 Å². The molecule has 4 aromatic rings. The molecule has 3 aromatic carbocycles. The summed E-state index contributed by atoms with van der Waals surface area (Å²) in [6, 6.07) is 22.3. The van der Waals surface area contributed by atoms with Gasteiger partial charge < -0.3 is 5.32 Å². The first-order chi connectivity index (χ1) is 14.1. The van der Waals surface area contributed by atoms with Crippen molar-refractivity contribution in [3.8, 4) is 0 Å². The van der Waals surface area contributed by atoms with Crippen LogP contribution in [0.2, 0.25) is 0 Å². The lowest BCUT2D eigenvalue weighted by Gasteiger charge is -2.11. The number of carbonyl (C=O) groups is 2. The van der Waals surface area contributed by atoms with E-state index in [0.29, 0.717) is 27.7 Å². The van der Waals surface area contributed by atoms with Crippen molar-refractivity contribution < 1.29 is 9.59 Å². The smallest absolute Gasteiger partial charge is 0.278 e. The molecule has 0 fully saturated rings. The lowest BCUT2D eigenvalue weighted by Crippen LogP contribution is -2.30. The van der Waals surface area contributed by atoms with Crippen molar-refractivity contribution in [1.82, 2.24) is 15.0 Å². The molecule has 0 aliphatic rings. The summed E-state index contributed by atoms with van der Waals surface area (Å²) in [5, 5.41) is 10.9. The summed E-state index contributed by atoms with van der Waals surface area (Å²) in [7, 11) is 0. The molecule has 7 nitrogen and oxygen atoms in total. The first-order valence-corrected chi connectivity index (χ1v) is 8.94. The van der Waals surface area contributed by atoms with Crippen molar-refractivity contribution in [2.24, 2.45) is 0 Å². The fourth-order valence-corrected chi connectivity index (χ4v) is 2.99. The number of hydrogen-bond acceptors (Lipinski definition) is 5. The van der Waals surface area contributed by atoms with Crippen molar-refractivity contribution in [1.29, 1.82) is 0 Å². The summed E-state index contributed by atoms with van der Waals surface area (Å²) in [6.07, 6.45) is 0. The molecule has 0 spiro atoms. The summed E-state index contributed by atoms with van der Waals surface area (Å²) < 4.78 is 0.999. The summed E-state index contributed by atoms with van der Waals surface area (Å²) >= 11 is 0. The molecule has 4 rings (SSSR count). The van der Waals surface area contributed by atoms with Crippen molar-refractivity contribution >= 4 is 28.3 Å². The normalized spacial score (nSPS) is 10.6. The van der Waals surface area contributed by atoms with Crippen LogP contribution >= 0.6 is 0 Å². The number of anilines is 1. The molecule has 0 bridgehead atoms. The molecule has 0 unspecified atom stereocenters. The van der Waals surface area contributed by atoms with Crippen LogP contribution in [0, 0.1) is 0 Å². The Morgan fingerprint density at radius 1 is 0.862 bits per heavy atom. The monoisotopic (exact) mass is 384 g/mol. The fourth-order valence-electron chi connectivity index (χ4n) is 2.99. The van der Waals surface area contributed by atoms with E-state index in [0.717, 1.165) is 4.68 Å². The third-order valence-corrected chi connectivity index (χ3v) is 4.40. The number of aromatic nitrogens is 3. The van der Waals surface area contributed by atoms with Crippen molar-refractivity contribution in [2.75, 3.05) is 5.32 Å². The quantitative estimate of drug-likeness (QED) is 0.534. The standard InChI is InChI=1S/C22H16N4O3/c27-20(14-26-22(29)17-11-5-7-13-19(17)24-25-26)23-18-12-6-4-10-16(18)21(28)15-8-2-1-3-9-15/h1-13H,14H2,(H,23,27). The Morgan fingerprint density at radius 2 is 1.55 bits per heavy atom. The van der Waals surface area contributed by atoms with Gasteiger partial charge in [-0.25, -0.2) is 4.68 Å². The number of nitrogens with zero attached hydrogens (tertiary/aromatic N) is 3. The third-order valence-electron chi connectivity index (χ3n) is 4.40. The van der Waals surface area contributed by atoms with Gasteiger partial charge in [-0.2, -0.15) is 0 Å². The van der Waals surface area contributed by atoms with Gasteiger partial charge in [0.25, 0.3) is 5.56 Å². The molecule has 0 saturated heterocycles. The Morgan fingerprint density at radius 3 is 2.38 bits per heavy atom. The van der Waals surface area contributed by atoms with Gasteiger partial charge in [0, 0.05) is 11.1 Å². The number of benzene rings is 3. The molecule has 142 valence electrons. The Kier molecular flexibility index (Phi) is 4.94. The SMILES string of the molecule is O=C(Cn1nnc2ccccc2c1=O)Nc1ccccc1C(=O)c1ccccc1. The second kappa shape index (κ2) is 7.85. The average molecular weight is 384 g/mol. The molecule has 7 heteroatoms. The van der Waals surface area contributed by atoms with Gasteiger partial charge in [-0.05, 0) is 24.3 Å². The van der Waals surface area contributed by atoms with Gasteiger partial charge in [-0.3, -0.25) is 14.4 Å². The Bertz CT molecular complexity index is 1270. The minimum absolute atomic E-state index is 0.204. The van der Waals surface area contributed by atoms with E-state index in [1.54, 1.807) is 72.8 Å². The maximum absolute atomic E-state index is 12.8. The minimum atomic E-state index is -0.481. The van der Waals surface area contributed by atoms with Gasteiger partial charge in [0.2, 0.25) is 5.91 Å². The topological polar surface area (TPSA) is 93.9 Å². The highest BCUT2D eigenvalue weighted by molar-refractivity contribution is 6.13. The van der Waals surface area contributed by atoms with Gasteiger partial charge >= 0.3 is 0 Å². The molecule has 1 heterocycles. The number of para-hydroxylation sites is 1. The number of rotatable bonds is 5. The predicted molar refractivity (Wildman–Crippen MR) is 109 cm³/mol. The Labute approximate surface area is 165 Å². The van der Waals surface area contributed by atoms with Crippen LogP contribution in [0.1, 0.15) is 15.9 Å². The lowest BCUT2D eigenvalue weighted by molar-refractivity contribution is -0.117. The molecule has 0 saturated carbocycles. The molecule has 29 heavy (non-hydrogen) atoms. The molecule has 0 aliphatic heterocycles. The van der Waals surface area contributed by atoms with Gasteiger partial charge in [0.15, 0.2) is 5.78 Å². The van der Waals surface area contributed by atoms with E-state index in [-0.39, 0.29) is 12.3 Å². The zero-order valence-electron chi connectivity index (χ0n) is 15.3. The fraction of sp³-hybridized carbons (Fsp3) is 0.0455. The summed E-state index contributed by atoms with van der Waals surface area (Å²) in [5.41, 5.74) is 1.32. The molecular weight excluding hydrogens is 368 g/mol. The maximum Gasteiger partial charge on any atom is 0.278 e. The molecule has 1 aromatic heterocycles. The zero-order chi connectivity index (χ0) is 20.2. The van der Waals surface area contributed by atoms with Crippen LogP contribution in [-0.4, -0.2) is 26.7 Å². The van der Waals surface area contributed by atoms with Gasteiger partial charge in [-0.1, -0.05) is 59.8 Å². The Balaban J connectivity index is 1.58. The first-order valence-electron chi connectivity index (χ1n) is 8.94. The summed E-state index contributed by atoms with van der Waals surface area (Å²) in [6.45, 7) is -0.315. The highest BCUT2D eigenvalue weighted by atomic mass is 16.2. The summed E-state index contributed by atoms with van der Waals surface area (Å²) in [5.74, 6) is -0.686. The van der Waals surface area contributed by atoms with Crippen LogP contribution in [0.4, 0.5) is 5.69 Å². The van der Waals surface area contributed by atoms with Gasteiger partial charge in [-0.15, -0.1) is 5.10 Å². The second-order valence-electron chi connectivity index (χ2n) is 6.36. The molecule has 0 radical (unpaired) electrons. The third kappa shape index (κ3) is 3.79. The van der Waals surface area contributed by atoms with Crippen molar-refractivity contribution in [3.05, 3.63) is 100 Å². The lowest BCUT2D eigenvalue weighted by atomic mass is 10.0. The number of ketones is 1. The van der Waals surface area contributed by atoms with Crippen LogP contribution in [0.25, 0.3) is 10.9 Å². The van der Waals surface area contributed by atoms with Crippen LogP contribution in [0.5, 0.6) is 0 Å². The molecule has 1 amide bonds. The van der Waals surface area contributed by atoms with Gasteiger partial charge in [0.1, 0.15) is 12.1 Å². The largest absolute Gasteiger partial charge is 0.324 e. The molecule has 1 N–H and O–H groups in total. The van der Waals surface area contributed by atoms with Gasteiger partial charge in [0.05, 0.1) is 11.1 Å². The predicted octanol–water partition coefficient (Wildman–Crippen LogP) is 2.66. The minimum Gasteiger partial charge on any atom is -0.324 e. The number of nitrogens with one attached hydrogen (secondary N) is 1. The molecular formula is C22H16N4O3. The van der Waals surface area contributed by atoms with Crippen molar-refractivity contribution in [2.45, 2.75) is 6.54 Å². The van der Waals surface area contributed by atoms with Crippen molar-refractivity contribution in [3.63, 3.8) is 0 Å². The van der Waals surface area contributed by atoms with E-state index < -0.39 is 11.5 Å². The number of carbonyl (C=O) groups excluding carboxylic acids is 2. The Hall–Kier alpha value is -4.13. The highest BCUT2D eigenvalue weighted by Crippen LogP contribution is 2.19.